The van der Waals surface area contributed by atoms with Gasteiger partial charge in [0.05, 0.1) is 24.3 Å². The highest BCUT2D eigenvalue weighted by Crippen LogP contribution is 2.22. The fraction of sp³-hybridized carbons (Fsp3) is 0.611. The fourth-order valence-electron chi connectivity index (χ4n) is 2.48. The Morgan fingerprint density at radius 1 is 1.28 bits per heavy atom. The van der Waals surface area contributed by atoms with Crippen LogP contribution in [0, 0.1) is 0 Å². The number of para-hydroxylation sites is 1. The molecule has 0 aromatic heterocycles. The third-order valence-electron chi connectivity index (χ3n) is 3.80. The van der Waals surface area contributed by atoms with E-state index >= 15 is 0 Å². The molecule has 6 nitrogen and oxygen atoms in total. The zero-order valence-corrected chi connectivity index (χ0v) is 15.6. The Balaban J connectivity index is 1.48. The number of nitrogens with one attached hydrogen (secondary N) is 2. The Kier molecular flexibility index (Phi) is 9.47. The van der Waals surface area contributed by atoms with Crippen LogP contribution in [-0.4, -0.2) is 58.6 Å². The summed E-state index contributed by atoms with van der Waals surface area (Å²) in [7, 11) is 1.75. The zero-order chi connectivity index (χ0) is 17.7. The van der Waals surface area contributed by atoms with Gasteiger partial charge < -0.3 is 24.8 Å². The molecule has 1 unspecified atom stereocenters. The Morgan fingerprint density at radius 2 is 2.12 bits per heavy atom. The van der Waals surface area contributed by atoms with Crippen LogP contribution < -0.4 is 15.4 Å². The quantitative estimate of drug-likeness (QED) is 0.377. The number of aliphatic imine (C=N–C) groups is 1. The van der Waals surface area contributed by atoms with Crippen LogP contribution in [0.5, 0.6) is 5.75 Å². The second-order valence-corrected chi connectivity index (χ2v) is 6.18. The molecule has 0 spiro atoms. The van der Waals surface area contributed by atoms with Crippen LogP contribution in [0.4, 0.5) is 0 Å². The number of ether oxygens (including phenoxy) is 3. The topological polar surface area (TPSA) is 64.1 Å². The Labute approximate surface area is 154 Å². The molecule has 140 valence electrons. The molecule has 1 fully saturated rings. The van der Waals surface area contributed by atoms with Crippen molar-refractivity contribution < 1.29 is 14.2 Å². The van der Waals surface area contributed by atoms with Crippen molar-refractivity contribution in [3.05, 3.63) is 29.3 Å². The van der Waals surface area contributed by atoms with Gasteiger partial charge in [0, 0.05) is 26.8 Å². The minimum Gasteiger partial charge on any atom is -0.490 e. The maximum Gasteiger partial charge on any atom is 0.191 e. The predicted octanol–water partition coefficient (Wildman–Crippen LogP) is 2.47. The lowest BCUT2D eigenvalue weighted by Gasteiger charge is -2.13. The van der Waals surface area contributed by atoms with Gasteiger partial charge in [-0.15, -0.1) is 0 Å². The molecule has 0 bridgehead atoms. The SMILES string of the molecule is CN=C(NCCCOCC1CCCO1)NCCOc1ccccc1Cl. The summed E-state index contributed by atoms with van der Waals surface area (Å²) in [5.41, 5.74) is 0. The lowest BCUT2D eigenvalue weighted by molar-refractivity contribution is 0.0168. The van der Waals surface area contributed by atoms with Crippen molar-refractivity contribution >= 4 is 17.6 Å². The summed E-state index contributed by atoms with van der Waals surface area (Å²) >= 11 is 6.04. The summed E-state index contributed by atoms with van der Waals surface area (Å²) in [6.07, 6.45) is 3.48. The van der Waals surface area contributed by atoms with Gasteiger partial charge in [0.25, 0.3) is 0 Å². The Bertz CT molecular complexity index is 522. The average molecular weight is 370 g/mol. The second kappa shape index (κ2) is 12.0. The summed E-state index contributed by atoms with van der Waals surface area (Å²) in [6, 6.07) is 7.44. The molecule has 0 saturated carbocycles. The van der Waals surface area contributed by atoms with Crippen molar-refractivity contribution in [1.29, 1.82) is 0 Å². The first-order valence-electron chi connectivity index (χ1n) is 8.81. The van der Waals surface area contributed by atoms with Crippen LogP contribution in [0.3, 0.4) is 0 Å². The van der Waals surface area contributed by atoms with Crippen molar-refractivity contribution in [1.82, 2.24) is 10.6 Å². The van der Waals surface area contributed by atoms with Crippen LogP contribution in [0.1, 0.15) is 19.3 Å². The van der Waals surface area contributed by atoms with Crippen molar-refractivity contribution in [3.63, 3.8) is 0 Å². The molecule has 1 atom stereocenters. The van der Waals surface area contributed by atoms with E-state index in [0.717, 1.165) is 45.0 Å². The summed E-state index contributed by atoms with van der Waals surface area (Å²) in [5.74, 6) is 1.44. The third kappa shape index (κ3) is 7.94. The van der Waals surface area contributed by atoms with Crippen molar-refractivity contribution in [3.8, 4) is 5.75 Å². The van der Waals surface area contributed by atoms with Gasteiger partial charge in [-0.05, 0) is 31.4 Å². The molecular weight excluding hydrogens is 342 g/mol. The number of guanidine groups is 1. The first kappa shape index (κ1) is 19.8. The van der Waals surface area contributed by atoms with Crippen LogP contribution in [0.25, 0.3) is 0 Å². The molecule has 2 N–H and O–H groups in total. The van der Waals surface area contributed by atoms with E-state index in [0.29, 0.717) is 36.6 Å². The van der Waals surface area contributed by atoms with Crippen molar-refractivity contribution in [2.24, 2.45) is 4.99 Å². The first-order valence-corrected chi connectivity index (χ1v) is 9.18. The number of nitrogens with zero attached hydrogens (tertiary/aromatic N) is 1. The highest BCUT2D eigenvalue weighted by atomic mass is 35.5. The lowest BCUT2D eigenvalue weighted by Crippen LogP contribution is -2.40. The monoisotopic (exact) mass is 369 g/mol. The van der Waals surface area contributed by atoms with Gasteiger partial charge in [-0.3, -0.25) is 4.99 Å². The van der Waals surface area contributed by atoms with Crippen molar-refractivity contribution in [2.75, 3.05) is 46.6 Å². The summed E-state index contributed by atoms with van der Waals surface area (Å²) < 4.78 is 16.8. The minimum atomic E-state index is 0.292. The molecule has 0 radical (unpaired) electrons. The van der Waals surface area contributed by atoms with E-state index in [9.17, 15) is 0 Å². The normalized spacial score (nSPS) is 17.5. The largest absolute Gasteiger partial charge is 0.490 e. The van der Waals surface area contributed by atoms with Crippen LogP contribution >= 0.6 is 11.6 Å². The molecule has 1 saturated heterocycles. The van der Waals surface area contributed by atoms with Crippen LogP contribution in [-0.2, 0) is 9.47 Å². The molecule has 1 aliphatic rings. The average Bonchev–Trinajstić information content (AvgIpc) is 3.14. The molecule has 2 rings (SSSR count). The fourth-order valence-corrected chi connectivity index (χ4v) is 2.67. The zero-order valence-electron chi connectivity index (χ0n) is 14.8. The molecule has 0 aliphatic carbocycles. The highest BCUT2D eigenvalue weighted by Gasteiger charge is 2.14. The number of benzene rings is 1. The van der Waals surface area contributed by atoms with E-state index in [4.69, 9.17) is 25.8 Å². The molecule has 0 amide bonds. The number of hydrogen-bond donors (Lipinski definition) is 2. The first-order chi connectivity index (χ1) is 12.3. The van der Waals surface area contributed by atoms with E-state index in [1.54, 1.807) is 7.05 Å². The summed E-state index contributed by atoms with van der Waals surface area (Å²) in [6.45, 7) is 4.25. The standard InChI is InChI=1S/C18H28ClN3O3/c1-20-18(21-9-5-11-23-14-15-6-4-12-24-15)22-10-13-25-17-8-3-2-7-16(17)19/h2-3,7-8,15H,4-6,9-14H2,1H3,(H2,20,21,22). The van der Waals surface area contributed by atoms with E-state index < -0.39 is 0 Å². The van der Waals surface area contributed by atoms with Crippen molar-refractivity contribution in [2.45, 2.75) is 25.4 Å². The maximum absolute atomic E-state index is 6.04. The predicted molar refractivity (Wildman–Crippen MR) is 101 cm³/mol. The molecule has 1 aliphatic heterocycles. The van der Waals surface area contributed by atoms with E-state index in [-0.39, 0.29) is 0 Å². The van der Waals surface area contributed by atoms with Gasteiger partial charge in [0.2, 0.25) is 0 Å². The second-order valence-electron chi connectivity index (χ2n) is 5.77. The highest BCUT2D eigenvalue weighted by molar-refractivity contribution is 6.32. The summed E-state index contributed by atoms with van der Waals surface area (Å²) in [4.78, 5) is 4.18. The smallest absolute Gasteiger partial charge is 0.191 e. The van der Waals surface area contributed by atoms with Gasteiger partial charge in [0.1, 0.15) is 12.4 Å². The van der Waals surface area contributed by atoms with Crippen LogP contribution in [0.15, 0.2) is 29.3 Å². The molecule has 25 heavy (non-hydrogen) atoms. The van der Waals surface area contributed by atoms with E-state index in [1.165, 1.54) is 0 Å². The molecule has 1 aromatic carbocycles. The van der Waals surface area contributed by atoms with Gasteiger partial charge in [-0.2, -0.15) is 0 Å². The van der Waals surface area contributed by atoms with E-state index in [2.05, 4.69) is 15.6 Å². The Hall–Kier alpha value is -1.50. The molecule has 1 heterocycles. The molecule has 1 aromatic rings. The van der Waals surface area contributed by atoms with E-state index in [1.807, 2.05) is 24.3 Å². The number of hydrogen-bond acceptors (Lipinski definition) is 4. The number of rotatable bonds is 10. The summed E-state index contributed by atoms with van der Waals surface area (Å²) in [5, 5.41) is 7.08. The Morgan fingerprint density at radius 3 is 2.88 bits per heavy atom. The maximum atomic E-state index is 6.04. The van der Waals surface area contributed by atoms with Gasteiger partial charge in [-0.25, -0.2) is 0 Å². The minimum absolute atomic E-state index is 0.292. The van der Waals surface area contributed by atoms with Gasteiger partial charge in [-0.1, -0.05) is 23.7 Å². The molecular formula is C18H28ClN3O3. The van der Waals surface area contributed by atoms with Gasteiger partial charge >= 0.3 is 0 Å². The number of halogens is 1. The molecule has 7 heteroatoms. The third-order valence-corrected chi connectivity index (χ3v) is 4.11. The van der Waals surface area contributed by atoms with Crippen LogP contribution in [0.2, 0.25) is 5.02 Å². The lowest BCUT2D eigenvalue weighted by atomic mass is 10.2. The van der Waals surface area contributed by atoms with Gasteiger partial charge in [0.15, 0.2) is 5.96 Å².